The number of nitrogens with one attached hydrogen (secondary N) is 1. The highest BCUT2D eigenvalue weighted by Crippen LogP contribution is 2.15. The van der Waals surface area contributed by atoms with Crippen LogP contribution in [0, 0.1) is 13.8 Å². The summed E-state index contributed by atoms with van der Waals surface area (Å²) in [7, 11) is -2.05. The average molecular weight is 322 g/mol. The van der Waals surface area contributed by atoms with E-state index >= 15 is 0 Å². The predicted octanol–water partition coefficient (Wildman–Crippen LogP) is 1.19. The lowest BCUT2D eigenvalue weighted by Crippen LogP contribution is -2.26. The minimum atomic E-state index is -3.71. The quantitative estimate of drug-likeness (QED) is 0.885. The fourth-order valence-corrected chi connectivity index (χ4v) is 3.02. The maximum atomic E-state index is 12.2. The zero-order chi connectivity index (χ0) is 16.5. The first kappa shape index (κ1) is 16.3. The van der Waals surface area contributed by atoms with Crippen LogP contribution in [0.25, 0.3) is 0 Å². The second-order valence-corrected chi connectivity index (χ2v) is 6.91. The normalized spacial score (nSPS) is 11.6. The molecule has 1 aromatic carbocycles. The Bertz CT molecular complexity index is 852. The molecule has 0 saturated carbocycles. The largest absolute Gasteiger partial charge is 0.503 e. The molecule has 2 N–H and O–H groups in total. The van der Waals surface area contributed by atoms with Gasteiger partial charge in [-0.2, -0.15) is 0 Å². The van der Waals surface area contributed by atoms with E-state index < -0.39 is 21.2 Å². The van der Waals surface area contributed by atoms with Gasteiger partial charge in [0.15, 0.2) is 5.75 Å². The number of rotatable bonds is 4. The number of nitrogens with zero attached hydrogens (tertiary/aromatic N) is 1. The number of aromatic hydroxyl groups is 1. The Kier molecular flexibility index (Phi) is 4.39. The highest BCUT2D eigenvalue weighted by molar-refractivity contribution is 7.89. The molecule has 0 spiro atoms. The molecule has 0 amide bonds. The maximum absolute atomic E-state index is 12.2. The lowest BCUT2D eigenvalue weighted by atomic mass is 10.2. The minimum Gasteiger partial charge on any atom is -0.503 e. The van der Waals surface area contributed by atoms with Gasteiger partial charge in [0, 0.05) is 18.8 Å². The van der Waals surface area contributed by atoms with Crippen molar-refractivity contribution < 1.29 is 13.5 Å². The first-order valence-electron chi connectivity index (χ1n) is 6.67. The molecular weight excluding hydrogens is 304 g/mol. The van der Waals surface area contributed by atoms with Crippen LogP contribution >= 0.6 is 0 Å². The van der Waals surface area contributed by atoms with E-state index in [0.717, 1.165) is 5.56 Å². The molecular formula is C15H18N2O4S. The molecule has 0 fully saturated rings. The van der Waals surface area contributed by atoms with Crippen LogP contribution in [-0.2, 0) is 23.6 Å². The lowest BCUT2D eigenvalue weighted by Gasteiger charge is -2.14. The molecule has 0 aliphatic carbocycles. The van der Waals surface area contributed by atoms with Crippen molar-refractivity contribution in [1.29, 1.82) is 0 Å². The van der Waals surface area contributed by atoms with Crippen LogP contribution in [0.1, 0.15) is 17.0 Å². The van der Waals surface area contributed by atoms with Crippen LogP contribution in [0.3, 0.4) is 0 Å². The second kappa shape index (κ2) is 5.94. The van der Waals surface area contributed by atoms with E-state index in [1.807, 2.05) is 6.92 Å². The van der Waals surface area contributed by atoms with E-state index in [4.69, 9.17) is 0 Å². The van der Waals surface area contributed by atoms with Crippen molar-refractivity contribution >= 4 is 10.0 Å². The molecule has 2 rings (SSSR count). The molecule has 0 unspecified atom stereocenters. The minimum absolute atomic E-state index is 0.134. The maximum Gasteiger partial charge on any atom is 0.240 e. The van der Waals surface area contributed by atoms with Gasteiger partial charge in [0.05, 0.1) is 17.1 Å². The standard InChI is InChI=1S/C15H18N2O4S/c1-10-4-6-12(7-5-10)22(20,21)16-9-13-15(19)14(18)8-11(2)17(13)3/h4-8,16,19H,9H2,1-3H3. The summed E-state index contributed by atoms with van der Waals surface area (Å²) >= 11 is 0. The Labute approximate surface area is 129 Å². The van der Waals surface area contributed by atoms with Crippen LogP contribution in [0.5, 0.6) is 5.75 Å². The number of sulfonamides is 1. The third kappa shape index (κ3) is 3.20. The molecule has 0 saturated heterocycles. The summed E-state index contributed by atoms with van der Waals surface area (Å²) in [5, 5.41) is 9.84. The van der Waals surface area contributed by atoms with Crippen molar-refractivity contribution in [3.05, 3.63) is 57.5 Å². The van der Waals surface area contributed by atoms with Crippen LogP contribution < -0.4 is 10.2 Å². The van der Waals surface area contributed by atoms with Crippen molar-refractivity contribution in [1.82, 2.24) is 9.29 Å². The molecule has 0 bridgehead atoms. The van der Waals surface area contributed by atoms with Gasteiger partial charge >= 0.3 is 0 Å². The molecule has 118 valence electrons. The fourth-order valence-electron chi connectivity index (χ4n) is 2.04. The molecule has 2 aromatic rings. The zero-order valence-corrected chi connectivity index (χ0v) is 13.4. The van der Waals surface area contributed by atoms with E-state index in [1.54, 1.807) is 30.7 Å². The molecule has 0 atom stereocenters. The predicted molar refractivity (Wildman–Crippen MR) is 83.3 cm³/mol. The summed E-state index contributed by atoms with van der Waals surface area (Å²) < 4.78 is 28.4. The van der Waals surface area contributed by atoms with E-state index in [-0.39, 0.29) is 17.1 Å². The summed E-state index contributed by atoms with van der Waals surface area (Å²) in [6, 6.07) is 7.72. The molecule has 0 aliphatic rings. The van der Waals surface area contributed by atoms with E-state index in [1.165, 1.54) is 18.2 Å². The van der Waals surface area contributed by atoms with Gasteiger partial charge in [-0.25, -0.2) is 13.1 Å². The Morgan fingerprint density at radius 1 is 1.18 bits per heavy atom. The summed E-state index contributed by atoms with van der Waals surface area (Å²) in [6.45, 7) is 3.40. The molecule has 7 heteroatoms. The summed E-state index contributed by atoms with van der Waals surface area (Å²) in [5.41, 5.74) is 1.28. The topological polar surface area (TPSA) is 88.4 Å². The number of aryl methyl sites for hydroxylation is 2. The van der Waals surface area contributed by atoms with Crippen molar-refractivity contribution in [3.63, 3.8) is 0 Å². The SMILES string of the molecule is Cc1ccc(S(=O)(=O)NCc2c(O)c(=O)cc(C)n2C)cc1. The van der Waals surface area contributed by atoms with Gasteiger partial charge in [-0.1, -0.05) is 17.7 Å². The number of hydrogen-bond acceptors (Lipinski definition) is 4. The van der Waals surface area contributed by atoms with Gasteiger partial charge < -0.3 is 9.67 Å². The van der Waals surface area contributed by atoms with Gasteiger partial charge in [-0.3, -0.25) is 4.79 Å². The van der Waals surface area contributed by atoms with Crippen molar-refractivity contribution in [2.75, 3.05) is 0 Å². The van der Waals surface area contributed by atoms with E-state index in [0.29, 0.717) is 5.69 Å². The van der Waals surface area contributed by atoms with Gasteiger partial charge in [0.2, 0.25) is 15.5 Å². The molecule has 22 heavy (non-hydrogen) atoms. The number of aromatic nitrogens is 1. The van der Waals surface area contributed by atoms with Gasteiger partial charge in [-0.05, 0) is 26.0 Å². The Hall–Kier alpha value is -2.12. The molecule has 1 heterocycles. The van der Waals surface area contributed by atoms with Crippen LogP contribution in [0.15, 0.2) is 40.0 Å². The summed E-state index contributed by atoms with van der Waals surface area (Å²) in [4.78, 5) is 11.7. The van der Waals surface area contributed by atoms with Crippen molar-refractivity contribution in [2.24, 2.45) is 7.05 Å². The third-order valence-electron chi connectivity index (χ3n) is 3.54. The second-order valence-electron chi connectivity index (χ2n) is 5.14. The van der Waals surface area contributed by atoms with Gasteiger partial charge in [-0.15, -0.1) is 0 Å². The summed E-state index contributed by atoms with van der Waals surface area (Å²) in [6.07, 6.45) is 0. The van der Waals surface area contributed by atoms with Crippen LogP contribution in [-0.4, -0.2) is 18.1 Å². The van der Waals surface area contributed by atoms with Crippen molar-refractivity contribution in [2.45, 2.75) is 25.3 Å². The third-order valence-corrected chi connectivity index (χ3v) is 4.96. The Morgan fingerprint density at radius 3 is 2.36 bits per heavy atom. The molecule has 6 nitrogen and oxygen atoms in total. The van der Waals surface area contributed by atoms with Crippen LogP contribution in [0.2, 0.25) is 0 Å². The lowest BCUT2D eigenvalue weighted by molar-refractivity contribution is 0.450. The van der Waals surface area contributed by atoms with Crippen molar-refractivity contribution in [3.8, 4) is 5.75 Å². The monoisotopic (exact) mass is 322 g/mol. The van der Waals surface area contributed by atoms with Gasteiger partial charge in [0.1, 0.15) is 0 Å². The van der Waals surface area contributed by atoms with Gasteiger partial charge in [0.25, 0.3) is 0 Å². The summed E-state index contributed by atoms with van der Waals surface area (Å²) in [5.74, 6) is -0.445. The molecule has 0 radical (unpaired) electrons. The highest BCUT2D eigenvalue weighted by atomic mass is 32.2. The first-order valence-corrected chi connectivity index (χ1v) is 8.15. The number of pyridine rings is 1. The first-order chi connectivity index (χ1) is 10.2. The van der Waals surface area contributed by atoms with E-state index in [2.05, 4.69) is 4.72 Å². The Morgan fingerprint density at radius 2 is 1.77 bits per heavy atom. The van der Waals surface area contributed by atoms with E-state index in [9.17, 15) is 18.3 Å². The van der Waals surface area contributed by atoms with Crippen LogP contribution in [0.4, 0.5) is 0 Å². The molecule has 0 aliphatic heterocycles. The number of hydrogen-bond donors (Lipinski definition) is 2. The number of benzene rings is 1. The fraction of sp³-hybridized carbons (Fsp3) is 0.267. The zero-order valence-electron chi connectivity index (χ0n) is 12.6. The highest BCUT2D eigenvalue weighted by Gasteiger charge is 2.17. The Balaban J connectivity index is 2.30. The molecule has 1 aromatic heterocycles. The smallest absolute Gasteiger partial charge is 0.240 e. The average Bonchev–Trinajstić information content (AvgIpc) is 2.45.